The van der Waals surface area contributed by atoms with Gasteiger partial charge in [0.1, 0.15) is 0 Å². The van der Waals surface area contributed by atoms with E-state index in [9.17, 15) is 0 Å². The minimum atomic E-state index is 0.799. The lowest BCUT2D eigenvalue weighted by molar-refractivity contribution is 0.233. The van der Waals surface area contributed by atoms with E-state index in [1.165, 1.54) is 32.5 Å². The monoisotopic (exact) mass is 184 g/mol. The van der Waals surface area contributed by atoms with Crippen molar-refractivity contribution < 1.29 is 0 Å². The third-order valence-corrected chi connectivity index (χ3v) is 3.10. The van der Waals surface area contributed by atoms with Gasteiger partial charge in [-0.3, -0.25) is 0 Å². The highest BCUT2D eigenvalue weighted by molar-refractivity contribution is 4.73. The van der Waals surface area contributed by atoms with Crippen LogP contribution in [-0.2, 0) is 0 Å². The van der Waals surface area contributed by atoms with E-state index in [1.807, 2.05) is 0 Å². The third kappa shape index (κ3) is 3.65. The Kier molecular flexibility index (Phi) is 4.74. The molecule has 1 saturated heterocycles. The van der Waals surface area contributed by atoms with Gasteiger partial charge < -0.3 is 10.2 Å². The Bertz CT molecular complexity index is 128. The Morgan fingerprint density at radius 1 is 1.23 bits per heavy atom. The van der Waals surface area contributed by atoms with Crippen molar-refractivity contribution in [3.63, 3.8) is 0 Å². The highest BCUT2D eigenvalue weighted by Gasteiger charge is 2.19. The Hall–Kier alpha value is -0.0800. The standard InChI is InChI=1S/C11H24N2/c1-10(2)11(8-12-3)9-13-6-4-5-7-13/h10-12H,4-9H2,1-3H3. The summed E-state index contributed by atoms with van der Waals surface area (Å²) in [5.74, 6) is 1.62. The van der Waals surface area contributed by atoms with E-state index in [0.29, 0.717) is 0 Å². The molecular formula is C11H24N2. The first-order valence-electron chi connectivity index (χ1n) is 5.61. The summed E-state index contributed by atoms with van der Waals surface area (Å²) >= 11 is 0. The van der Waals surface area contributed by atoms with Gasteiger partial charge in [-0.15, -0.1) is 0 Å². The van der Waals surface area contributed by atoms with Crippen molar-refractivity contribution in [2.45, 2.75) is 26.7 Å². The highest BCUT2D eigenvalue weighted by Crippen LogP contribution is 2.15. The number of hydrogen-bond donors (Lipinski definition) is 1. The molecule has 1 heterocycles. The maximum absolute atomic E-state index is 3.30. The van der Waals surface area contributed by atoms with Crippen molar-refractivity contribution in [2.24, 2.45) is 11.8 Å². The van der Waals surface area contributed by atoms with E-state index in [2.05, 4.69) is 31.1 Å². The van der Waals surface area contributed by atoms with Crippen LogP contribution in [0, 0.1) is 11.8 Å². The maximum atomic E-state index is 3.30. The first-order valence-corrected chi connectivity index (χ1v) is 5.61. The van der Waals surface area contributed by atoms with E-state index in [1.54, 1.807) is 0 Å². The molecule has 2 nitrogen and oxygen atoms in total. The molecule has 1 atom stereocenters. The lowest BCUT2D eigenvalue weighted by atomic mass is 9.95. The molecule has 0 aliphatic carbocycles. The molecular weight excluding hydrogens is 160 g/mol. The lowest BCUT2D eigenvalue weighted by Crippen LogP contribution is -2.34. The van der Waals surface area contributed by atoms with Gasteiger partial charge in [-0.25, -0.2) is 0 Å². The number of hydrogen-bond acceptors (Lipinski definition) is 2. The zero-order valence-corrected chi connectivity index (χ0v) is 9.34. The molecule has 0 aromatic rings. The molecule has 2 heteroatoms. The van der Waals surface area contributed by atoms with Crippen LogP contribution in [0.5, 0.6) is 0 Å². The first kappa shape index (κ1) is 11.0. The van der Waals surface area contributed by atoms with Crippen LogP contribution in [0.3, 0.4) is 0 Å². The largest absolute Gasteiger partial charge is 0.319 e. The number of rotatable bonds is 5. The van der Waals surface area contributed by atoms with Crippen molar-refractivity contribution >= 4 is 0 Å². The van der Waals surface area contributed by atoms with Gasteiger partial charge in [0.05, 0.1) is 0 Å². The second-order valence-electron chi connectivity index (χ2n) is 4.57. The van der Waals surface area contributed by atoms with E-state index < -0.39 is 0 Å². The molecule has 0 amide bonds. The summed E-state index contributed by atoms with van der Waals surface area (Å²) in [6, 6.07) is 0. The van der Waals surface area contributed by atoms with Gasteiger partial charge in [0.25, 0.3) is 0 Å². The van der Waals surface area contributed by atoms with Crippen LogP contribution in [0.15, 0.2) is 0 Å². The molecule has 1 N–H and O–H groups in total. The van der Waals surface area contributed by atoms with E-state index >= 15 is 0 Å². The Morgan fingerprint density at radius 3 is 2.31 bits per heavy atom. The van der Waals surface area contributed by atoms with Gasteiger partial charge in [0.15, 0.2) is 0 Å². The van der Waals surface area contributed by atoms with E-state index in [0.717, 1.165) is 18.4 Å². The number of likely N-dealkylation sites (tertiary alicyclic amines) is 1. The van der Waals surface area contributed by atoms with E-state index in [4.69, 9.17) is 0 Å². The topological polar surface area (TPSA) is 15.3 Å². The van der Waals surface area contributed by atoms with Crippen molar-refractivity contribution in [1.82, 2.24) is 10.2 Å². The van der Waals surface area contributed by atoms with Crippen LogP contribution in [0.25, 0.3) is 0 Å². The first-order chi connectivity index (χ1) is 6.24. The Balaban J connectivity index is 2.27. The normalized spacial score (nSPS) is 21.2. The molecule has 0 aromatic carbocycles. The molecule has 13 heavy (non-hydrogen) atoms. The van der Waals surface area contributed by atoms with Crippen LogP contribution in [0.2, 0.25) is 0 Å². The predicted octanol–water partition coefficient (Wildman–Crippen LogP) is 1.57. The fourth-order valence-electron chi connectivity index (χ4n) is 2.07. The molecule has 1 rings (SSSR count). The summed E-state index contributed by atoms with van der Waals surface area (Å²) in [7, 11) is 2.05. The van der Waals surface area contributed by atoms with Crippen LogP contribution in [-0.4, -0.2) is 38.1 Å². The van der Waals surface area contributed by atoms with Crippen LogP contribution in [0.4, 0.5) is 0 Å². The Labute approximate surface area is 82.7 Å². The second-order valence-corrected chi connectivity index (χ2v) is 4.57. The van der Waals surface area contributed by atoms with Gasteiger partial charge in [-0.2, -0.15) is 0 Å². The van der Waals surface area contributed by atoms with Crippen LogP contribution < -0.4 is 5.32 Å². The molecule has 78 valence electrons. The molecule has 0 spiro atoms. The average Bonchev–Trinajstić information content (AvgIpc) is 2.56. The van der Waals surface area contributed by atoms with Gasteiger partial charge in [-0.1, -0.05) is 13.8 Å². The summed E-state index contributed by atoms with van der Waals surface area (Å²) in [5.41, 5.74) is 0. The average molecular weight is 184 g/mol. The molecule has 0 aromatic heterocycles. The summed E-state index contributed by atoms with van der Waals surface area (Å²) in [6.07, 6.45) is 2.81. The highest BCUT2D eigenvalue weighted by atomic mass is 15.1. The van der Waals surface area contributed by atoms with Gasteiger partial charge >= 0.3 is 0 Å². The molecule has 1 unspecified atom stereocenters. The van der Waals surface area contributed by atoms with Gasteiger partial charge in [-0.05, 0) is 51.4 Å². The fourth-order valence-corrected chi connectivity index (χ4v) is 2.07. The molecule has 1 fully saturated rings. The van der Waals surface area contributed by atoms with Crippen LogP contribution in [0.1, 0.15) is 26.7 Å². The zero-order valence-electron chi connectivity index (χ0n) is 9.34. The zero-order chi connectivity index (χ0) is 9.68. The lowest BCUT2D eigenvalue weighted by Gasteiger charge is -2.26. The number of nitrogens with one attached hydrogen (secondary N) is 1. The summed E-state index contributed by atoms with van der Waals surface area (Å²) in [5, 5.41) is 3.30. The quantitative estimate of drug-likeness (QED) is 0.698. The van der Waals surface area contributed by atoms with Crippen LogP contribution >= 0.6 is 0 Å². The summed E-state index contributed by atoms with van der Waals surface area (Å²) in [4.78, 5) is 2.61. The molecule has 0 saturated carbocycles. The maximum Gasteiger partial charge on any atom is 0.00242 e. The molecule has 0 radical (unpaired) electrons. The fraction of sp³-hybridized carbons (Fsp3) is 1.00. The SMILES string of the molecule is CNCC(CN1CCCC1)C(C)C. The number of nitrogens with zero attached hydrogens (tertiary/aromatic N) is 1. The van der Waals surface area contributed by atoms with Crippen molar-refractivity contribution in [3.05, 3.63) is 0 Å². The molecule has 0 bridgehead atoms. The molecule has 1 aliphatic rings. The van der Waals surface area contributed by atoms with Gasteiger partial charge in [0.2, 0.25) is 0 Å². The Morgan fingerprint density at radius 2 is 1.85 bits per heavy atom. The molecule has 1 aliphatic heterocycles. The minimum absolute atomic E-state index is 0.799. The van der Waals surface area contributed by atoms with Crippen molar-refractivity contribution in [1.29, 1.82) is 0 Å². The van der Waals surface area contributed by atoms with Gasteiger partial charge in [0, 0.05) is 6.54 Å². The third-order valence-electron chi connectivity index (χ3n) is 3.10. The predicted molar refractivity (Wildman–Crippen MR) is 57.9 cm³/mol. The van der Waals surface area contributed by atoms with E-state index in [-0.39, 0.29) is 0 Å². The van der Waals surface area contributed by atoms with Crippen molar-refractivity contribution in [3.8, 4) is 0 Å². The minimum Gasteiger partial charge on any atom is -0.319 e. The van der Waals surface area contributed by atoms with Crippen molar-refractivity contribution in [2.75, 3.05) is 33.2 Å². The smallest absolute Gasteiger partial charge is 0.00242 e. The summed E-state index contributed by atoms with van der Waals surface area (Å²) in [6.45, 7) is 9.77. The summed E-state index contributed by atoms with van der Waals surface area (Å²) < 4.78 is 0. The second kappa shape index (κ2) is 5.61.